The molecule has 0 aliphatic carbocycles. The summed E-state index contributed by atoms with van der Waals surface area (Å²) in [6, 6.07) is 0.0217. The number of nitrogens with zero attached hydrogens (tertiary/aromatic N) is 1. The average Bonchev–Trinajstić information content (AvgIpc) is 2.26. The molecule has 0 bridgehead atoms. The van der Waals surface area contributed by atoms with Gasteiger partial charge in [0.15, 0.2) is 0 Å². The maximum absolute atomic E-state index is 12.1. The van der Waals surface area contributed by atoms with Crippen molar-refractivity contribution in [2.75, 3.05) is 13.1 Å². The Labute approximate surface area is 86.6 Å². The van der Waals surface area contributed by atoms with Gasteiger partial charge in [-0.05, 0) is 0 Å². The molecular formula is C9H15F3N2O. The number of amides is 1. The van der Waals surface area contributed by atoms with E-state index in [1.807, 2.05) is 13.8 Å². The molecule has 1 fully saturated rings. The summed E-state index contributed by atoms with van der Waals surface area (Å²) < 4.78 is 36.2. The first kappa shape index (κ1) is 12.3. The average molecular weight is 224 g/mol. The summed E-state index contributed by atoms with van der Waals surface area (Å²) in [6.45, 7) is 2.81. The van der Waals surface area contributed by atoms with Gasteiger partial charge in [-0.25, -0.2) is 0 Å². The zero-order chi connectivity index (χ0) is 11.6. The quantitative estimate of drug-likeness (QED) is 0.779. The van der Waals surface area contributed by atoms with E-state index in [0.717, 1.165) is 4.90 Å². The van der Waals surface area contributed by atoms with Gasteiger partial charge in [-0.3, -0.25) is 4.79 Å². The predicted molar refractivity (Wildman–Crippen MR) is 49.3 cm³/mol. The molecule has 1 rings (SSSR count). The van der Waals surface area contributed by atoms with Crippen LogP contribution in [0.4, 0.5) is 13.2 Å². The van der Waals surface area contributed by atoms with Gasteiger partial charge in [-0.15, -0.1) is 0 Å². The summed E-state index contributed by atoms with van der Waals surface area (Å²) in [7, 11) is 0. The van der Waals surface area contributed by atoms with Crippen LogP contribution in [0.15, 0.2) is 0 Å². The number of carbonyl (C=O) groups excluding carboxylic acids is 1. The Morgan fingerprint density at radius 2 is 2.13 bits per heavy atom. The summed E-state index contributed by atoms with van der Waals surface area (Å²) in [6.07, 6.45) is -4.14. The standard InChI is InChI=1S/C9H15F3N2O/c1-6(2)13-7-3-8(15)14(4-7)5-9(10,11)12/h6-7,13H,3-5H2,1-2H3. The highest BCUT2D eigenvalue weighted by Crippen LogP contribution is 2.20. The van der Waals surface area contributed by atoms with Gasteiger partial charge in [0.1, 0.15) is 6.54 Å². The van der Waals surface area contributed by atoms with E-state index in [-0.39, 0.29) is 25.0 Å². The SMILES string of the molecule is CC(C)NC1CC(=O)N(CC(F)(F)F)C1. The Kier molecular flexibility index (Phi) is 3.59. The maximum Gasteiger partial charge on any atom is 0.406 e. The summed E-state index contributed by atoms with van der Waals surface area (Å²) in [5.41, 5.74) is 0. The van der Waals surface area contributed by atoms with Crippen LogP contribution in [0, 0.1) is 0 Å². The molecule has 0 radical (unpaired) electrons. The van der Waals surface area contributed by atoms with Crippen molar-refractivity contribution in [2.45, 2.75) is 38.5 Å². The molecule has 1 unspecified atom stereocenters. The molecule has 0 spiro atoms. The first-order valence-corrected chi connectivity index (χ1v) is 4.88. The highest BCUT2D eigenvalue weighted by atomic mass is 19.4. The minimum Gasteiger partial charge on any atom is -0.332 e. The first-order chi connectivity index (χ1) is 6.78. The van der Waals surface area contributed by atoms with Gasteiger partial charge in [0.2, 0.25) is 5.91 Å². The molecule has 15 heavy (non-hydrogen) atoms. The van der Waals surface area contributed by atoms with Gasteiger partial charge in [-0.1, -0.05) is 13.8 Å². The third-order valence-electron chi connectivity index (χ3n) is 2.15. The molecule has 1 heterocycles. The Bertz CT molecular complexity index is 240. The molecule has 88 valence electrons. The summed E-state index contributed by atoms with van der Waals surface area (Å²) in [4.78, 5) is 12.1. The molecule has 1 saturated heterocycles. The number of rotatable bonds is 3. The molecule has 1 amide bonds. The third kappa shape index (κ3) is 4.07. The lowest BCUT2D eigenvalue weighted by Crippen LogP contribution is -2.39. The minimum atomic E-state index is -4.30. The maximum atomic E-state index is 12.1. The van der Waals surface area contributed by atoms with Crippen LogP contribution in [0.5, 0.6) is 0 Å². The lowest BCUT2D eigenvalue weighted by molar-refractivity contribution is -0.157. The second kappa shape index (κ2) is 4.38. The van der Waals surface area contributed by atoms with Crippen LogP contribution >= 0.6 is 0 Å². The zero-order valence-corrected chi connectivity index (χ0v) is 8.77. The molecule has 1 N–H and O–H groups in total. The molecule has 1 aliphatic heterocycles. The van der Waals surface area contributed by atoms with E-state index in [4.69, 9.17) is 0 Å². The van der Waals surface area contributed by atoms with E-state index in [0.29, 0.717) is 0 Å². The van der Waals surface area contributed by atoms with Crippen LogP contribution in [-0.2, 0) is 4.79 Å². The van der Waals surface area contributed by atoms with Crippen molar-refractivity contribution in [3.8, 4) is 0 Å². The van der Waals surface area contributed by atoms with E-state index >= 15 is 0 Å². The Balaban J connectivity index is 2.46. The van der Waals surface area contributed by atoms with Crippen molar-refractivity contribution in [1.29, 1.82) is 0 Å². The van der Waals surface area contributed by atoms with Crippen LogP contribution in [-0.4, -0.2) is 42.2 Å². The molecule has 6 heteroatoms. The topological polar surface area (TPSA) is 32.3 Å². The Hall–Kier alpha value is -0.780. The number of hydrogen-bond donors (Lipinski definition) is 1. The Morgan fingerprint density at radius 1 is 1.53 bits per heavy atom. The van der Waals surface area contributed by atoms with E-state index in [2.05, 4.69) is 5.32 Å². The first-order valence-electron chi connectivity index (χ1n) is 4.88. The molecule has 0 saturated carbocycles. The zero-order valence-electron chi connectivity index (χ0n) is 8.77. The molecule has 0 aromatic rings. The highest BCUT2D eigenvalue weighted by molar-refractivity contribution is 5.79. The monoisotopic (exact) mass is 224 g/mol. The van der Waals surface area contributed by atoms with Crippen molar-refractivity contribution in [2.24, 2.45) is 0 Å². The second-order valence-electron chi connectivity index (χ2n) is 4.11. The fourth-order valence-corrected chi connectivity index (χ4v) is 1.72. The van der Waals surface area contributed by atoms with Gasteiger partial charge in [-0.2, -0.15) is 13.2 Å². The van der Waals surface area contributed by atoms with Crippen LogP contribution in [0.1, 0.15) is 20.3 Å². The van der Waals surface area contributed by atoms with E-state index < -0.39 is 18.6 Å². The molecule has 1 aliphatic rings. The summed E-state index contributed by atoms with van der Waals surface area (Å²) in [5, 5.41) is 3.06. The minimum absolute atomic E-state index is 0.149. The number of halogens is 3. The van der Waals surface area contributed by atoms with Crippen molar-refractivity contribution < 1.29 is 18.0 Å². The van der Waals surface area contributed by atoms with Gasteiger partial charge in [0.25, 0.3) is 0 Å². The van der Waals surface area contributed by atoms with Crippen molar-refractivity contribution in [3.63, 3.8) is 0 Å². The van der Waals surface area contributed by atoms with Crippen molar-refractivity contribution in [3.05, 3.63) is 0 Å². The van der Waals surface area contributed by atoms with Crippen LogP contribution in [0.3, 0.4) is 0 Å². The van der Waals surface area contributed by atoms with Crippen molar-refractivity contribution >= 4 is 5.91 Å². The van der Waals surface area contributed by atoms with E-state index in [1.165, 1.54) is 0 Å². The van der Waals surface area contributed by atoms with Gasteiger partial charge in [0.05, 0.1) is 0 Å². The van der Waals surface area contributed by atoms with Crippen LogP contribution in [0.25, 0.3) is 0 Å². The molecule has 0 aromatic heterocycles. The number of nitrogens with one attached hydrogen (secondary N) is 1. The molecule has 1 atom stereocenters. The van der Waals surface area contributed by atoms with Crippen LogP contribution in [0.2, 0.25) is 0 Å². The third-order valence-corrected chi connectivity index (χ3v) is 2.15. The second-order valence-corrected chi connectivity index (χ2v) is 4.11. The van der Waals surface area contributed by atoms with E-state index in [9.17, 15) is 18.0 Å². The fourth-order valence-electron chi connectivity index (χ4n) is 1.72. The Morgan fingerprint density at radius 3 is 2.60 bits per heavy atom. The van der Waals surface area contributed by atoms with E-state index in [1.54, 1.807) is 0 Å². The fraction of sp³-hybridized carbons (Fsp3) is 0.889. The van der Waals surface area contributed by atoms with Crippen molar-refractivity contribution in [1.82, 2.24) is 10.2 Å². The predicted octanol–water partition coefficient (Wildman–Crippen LogP) is 1.15. The van der Waals surface area contributed by atoms with Gasteiger partial charge >= 0.3 is 6.18 Å². The van der Waals surface area contributed by atoms with Crippen LogP contribution < -0.4 is 5.32 Å². The number of hydrogen-bond acceptors (Lipinski definition) is 2. The molecule has 3 nitrogen and oxygen atoms in total. The van der Waals surface area contributed by atoms with Gasteiger partial charge in [0, 0.05) is 25.0 Å². The van der Waals surface area contributed by atoms with Gasteiger partial charge < -0.3 is 10.2 Å². The number of carbonyl (C=O) groups is 1. The number of alkyl halides is 3. The normalized spacial score (nSPS) is 22.9. The molecule has 0 aromatic carbocycles. The summed E-state index contributed by atoms with van der Waals surface area (Å²) in [5.74, 6) is -0.425. The molecular weight excluding hydrogens is 209 g/mol. The smallest absolute Gasteiger partial charge is 0.332 e. The summed E-state index contributed by atoms with van der Waals surface area (Å²) >= 11 is 0. The number of likely N-dealkylation sites (tertiary alicyclic amines) is 1. The largest absolute Gasteiger partial charge is 0.406 e. The lowest BCUT2D eigenvalue weighted by Gasteiger charge is -2.19. The lowest BCUT2D eigenvalue weighted by atomic mass is 10.2. The highest BCUT2D eigenvalue weighted by Gasteiger charge is 2.38.